The second-order valence-corrected chi connectivity index (χ2v) is 6.26. The Morgan fingerprint density at radius 1 is 1.42 bits per heavy atom. The van der Waals surface area contributed by atoms with E-state index >= 15 is 0 Å². The molecular weight excluding hydrogens is 290 g/mol. The van der Waals surface area contributed by atoms with Crippen molar-refractivity contribution >= 4 is 27.5 Å². The molecule has 1 aromatic carbocycles. The van der Waals surface area contributed by atoms with Crippen LogP contribution in [-0.2, 0) is 19.6 Å². The van der Waals surface area contributed by atoms with Gasteiger partial charge in [-0.15, -0.1) is 0 Å². The predicted molar refractivity (Wildman–Crippen MR) is 70.1 cm³/mol. The summed E-state index contributed by atoms with van der Waals surface area (Å²) in [5.41, 5.74) is 0. The summed E-state index contributed by atoms with van der Waals surface area (Å²) in [6.07, 6.45) is -0.205. The Bertz CT molecular complexity index is 587. The first-order chi connectivity index (χ1) is 8.98. The monoisotopic (exact) mass is 303 g/mol. The number of halogens is 1. The Hall–Kier alpha value is -1.11. The largest absolute Gasteiger partial charge is 0.357 e. The molecule has 19 heavy (non-hydrogen) atoms. The summed E-state index contributed by atoms with van der Waals surface area (Å²) in [5, 5.41) is 0.0949. The fraction of sp³-hybridized carbons (Fsp3) is 0.417. The van der Waals surface area contributed by atoms with Gasteiger partial charge in [0.25, 0.3) is 10.0 Å². The van der Waals surface area contributed by atoms with Gasteiger partial charge in [0.15, 0.2) is 0 Å². The van der Waals surface area contributed by atoms with E-state index < -0.39 is 22.2 Å². The van der Waals surface area contributed by atoms with Gasteiger partial charge >= 0.3 is 0 Å². The van der Waals surface area contributed by atoms with E-state index in [9.17, 15) is 13.2 Å². The maximum absolute atomic E-state index is 12.5. The van der Waals surface area contributed by atoms with E-state index in [1.807, 2.05) is 0 Å². The van der Waals surface area contributed by atoms with Gasteiger partial charge in [0, 0.05) is 19.4 Å². The normalized spacial score (nSPS) is 20.0. The first-order valence-electron chi connectivity index (χ1n) is 5.92. The van der Waals surface area contributed by atoms with Crippen molar-refractivity contribution in [2.45, 2.75) is 30.9 Å². The summed E-state index contributed by atoms with van der Waals surface area (Å²) in [6.45, 7) is 2.09. The van der Waals surface area contributed by atoms with Gasteiger partial charge in [-0.3, -0.25) is 4.79 Å². The lowest BCUT2D eigenvalue weighted by atomic mass is 10.3. The zero-order valence-corrected chi connectivity index (χ0v) is 11.9. The van der Waals surface area contributed by atoms with Crippen LogP contribution in [0.15, 0.2) is 29.2 Å². The van der Waals surface area contributed by atoms with Crippen LogP contribution < -0.4 is 0 Å². The highest BCUT2D eigenvalue weighted by Crippen LogP contribution is 2.31. The molecule has 0 aliphatic carbocycles. The third-order valence-corrected chi connectivity index (χ3v) is 5.16. The van der Waals surface area contributed by atoms with Crippen LogP contribution >= 0.6 is 11.6 Å². The maximum atomic E-state index is 12.5. The second-order valence-electron chi connectivity index (χ2n) is 4.07. The second kappa shape index (κ2) is 5.48. The highest BCUT2D eigenvalue weighted by molar-refractivity contribution is 7.89. The average Bonchev–Trinajstić information content (AvgIpc) is 2.72. The third kappa shape index (κ3) is 2.61. The number of hydrogen-bond donors (Lipinski definition) is 0. The van der Waals surface area contributed by atoms with E-state index in [1.54, 1.807) is 19.1 Å². The number of amides is 1. The van der Waals surface area contributed by atoms with Crippen molar-refractivity contribution in [1.29, 1.82) is 0 Å². The zero-order valence-electron chi connectivity index (χ0n) is 10.4. The minimum atomic E-state index is -3.96. The molecule has 0 aromatic heterocycles. The Morgan fingerprint density at radius 2 is 2.11 bits per heavy atom. The molecule has 1 unspecified atom stereocenters. The molecule has 1 heterocycles. The highest BCUT2D eigenvalue weighted by atomic mass is 35.5. The SMILES string of the molecule is CCOC1CCC(=O)N1S(=O)(=O)c1ccccc1Cl. The van der Waals surface area contributed by atoms with E-state index in [2.05, 4.69) is 0 Å². The fourth-order valence-electron chi connectivity index (χ4n) is 2.03. The van der Waals surface area contributed by atoms with Crippen LogP contribution in [0.1, 0.15) is 19.8 Å². The van der Waals surface area contributed by atoms with Crippen molar-refractivity contribution in [3.63, 3.8) is 0 Å². The Labute approximate surface area is 117 Å². The number of rotatable bonds is 4. The highest BCUT2D eigenvalue weighted by Gasteiger charge is 2.41. The fourth-order valence-corrected chi connectivity index (χ4v) is 4.07. The van der Waals surface area contributed by atoms with Gasteiger partial charge in [0.05, 0.1) is 5.02 Å². The van der Waals surface area contributed by atoms with Crippen LogP contribution in [0.3, 0.4) is 0 Å². The van der Waals surface area contributed by atoms with Crippen LogP contribution in [0.5, 0.6) is 0 Å². The Kier molecular flexibility index (Phi) is 4.13. The van der Waals surface area contributed by atoms with Crippen LogP contribution in [-0.4, -0.2) is 31.5 Å². The van der Waals surface area contributed by atoms with Gasteiger partial charge in [-0.1, -0.05) is 23.7 Å². The van der Waals surface area contributed by atoms with Gasteiger partial charge in [-0.05, 0) is 19.1 Å². The molecule has 1 aliphatic heterocycles. The van der Waals surface area contributed by atoms with Gasteiger partial charge < -0.3 is 4.74 Å². The molecule has 5 nitrogen and oxygen atoms in total. The molecule has 2 rings (SSSR count). The lowest BCUT2D eigenvalue weighted by Crippen LogP contribution is -2.40. The number of carbonyl (C=O) groups is 1. The molecule has 104 valence electrons. The molecule has 1 fully saturated rings. The molecule has 1 aromatic rings. The minimum Gasteiger partial charge on any atom is -0.357 e. The quantitative estimate of drug-likeness (QED) is 0.853. The summed E-state index contributed by atoms with van der Waals surface area (Å²) >= 11 is 5.90. The summed E-state index contributed by atoms with van der Waals surface area (Å²) < 4.78 is 31.1. The van der Waals surface area contributed by atoms with Crippen LogP contribution in [0.25, 0.3) is 0 Å². The van der Waals surface area contributed by atoms with Crippen molar-refractivity contribution in [1.82, 2.24) is 4.31 Å². The summed E-state index contributed by atoms with van der Waals surface area (Å²) in [4.78, 5) is 11.7. The van der Waals surface area contributed by atoms with Crippen LogP contribution in [0.2, 0.25) is 5.02 Å². The van der Waals surface area contributed by atoms with Gasteiger partial charge in [0.1, 0.15) is 11.1 Å². The molecule has 1 saturated heterocycles. The van der Waals surface area contributed by atoms with Crippen molar-refractivity contribution in [2.24, 2.45) is 0 Å². The number of sulfonamides is 1. The standard InChI is InChI=1S/C12H14ClNO4S/c1-2-18-12-8-7-11(15)14(12)19(16,17)10-6-4-3-5-9(10)13/h3-6,12H,2,7-8H2,1H3. The zero-order chi connectivity index (χ0) is 14.0. The molecule has 7 heteroatoms. The molecule has 0 N–H and O–H groups in total. The lowest BCUT2D eigenvalue weighted by molar-refractivity contribution is -0.128. The Balaban J connectivity index is 2.44. The molecule has 0 spiro atoms. The first kappa shape index (κ1) is 14.3. The van der Waals surface area contributed by atoms with Crippen LogP contribution in [0, 0.1) is 0 Å². The number of nitrogens with zero attached hydrogens (tertiary/aromatic N) is 1. The molecule has 0 bridgehead atoms. The molecule has 0 saturated carbocycles. The summed E-state index contributed by atoms with van der Waals surface area (Å²) in [5.74, 6) is -0.460. The van der Waals surface area contributed by atoms with E-state index in [4.69, 9.17) is 16.3 Å². The minimum absolute atomic E-state index is 0.0726. The molecule has 1 amide bonds. The molecular formula is C12H14ClNO4S. The smallest absolute Gasteiger partial charge is 0.270 e. The number of ether oxygens (including phenoxy) is 1. The summed E-state index contributed by atoms with van der Waals surface area (Å²) in [6, 6.07) is 6.05. The van der Waals surface area contributed by atoms with Crippen molar-refractivity contribution < 1.29 is 17.9 Å². The van der Waals surface area contributed by atoms with E-state index in [-0.39, 0.29) is 16.3 Å². The van der Waals surface area contributed by atoms with Crippen molar-refractivity contribution in [2.75, 3.05) is 6.61 Å². The van der Waals surface area contributed by atoms with Gasteiger partial charge in [0.2, 0.25) is 5.91 Å². The van der Waals surface area contributed by atoms with E-state index in [1.165, 1.54) is 12.1 Å². The maximum Gasteiger partial charge on any atom is 0.270 e. The average molecular weight is 304 g/mol. The van der Waals surface area contributed by atoms with Crippen molar-refractivity contribution in [3.05, 3.63) is 29.3 Å². The van der Waals surface area contributed by atoms with Gasteiger partial charge in [-0.2, -0.15) is 0 Å². The Morgan fingerprint density at radius 3 is 2.74 bits per heavy atom. The third-order valence-electron chi connectivity index (χ3n) is 2.85. The molecule has 1 atom stereocenters. The van der Waals surface area contributed by atoms with Crippen LogP contribution in [0.4, 0.5) is 0 Å². The molecule has 0 radical (unpaired) electrons. The lowest BCUT2D eigenvalue weighted by Gasteiger charge is -2.24. The number of benzene rings is 1. The summed E-state index contributed by atoms with van der Waals surface area (Å²) in [7, 11) is -3.96. The predicted octanol–water partition coefficient (Wildman–Crippen LogP) is 2.01. The topological polar surface area (TPSA) is 63.7 Å². The number of hydrogen-bond acceptors (Lipinski definition) is 4. The molecule has 1 aliphatic rings. The number of carbonyl (C=O) groups excluding carboxylic acids is 1. The van der Waals surface area contributed by atoms with Gasteiger partial charge in [-0.25, -0.2) is 12.7 Å². The van der Waals surface area contributed by atoms with E-state index in [0.717, 1.165) is 4.31 Å². The first-order valence-corrected chi connectivity index (χ1v) is 7.73. The van der Waals surface area contributed by atoms with E-state index in [0.29, 0.717) is 13.0 Å². The van der Waals surface area contributed by atoms with Crippen molar-refractivity contribution in [3.8, 4) is 0 Å².